The molecular formula is C18H26N4O3. The molecular weight excluding hydrogens is 320 g/mol. The van der Waals surface area contributed by atoms with E-state index in [1.165, 1.54) is 0 Å². The molecule has 25 heavy (non-hydrogen) atoms. The van der Waals surface area contributed by atoms with E-state index in [1.807, 2.05) is 4.90 Å². The number of hydrogen-bond donors (Lipinski definition) is 1. The van der Waals surface area contributed by atoms with E-state index in [4.69, 9.17) is 9.47 Å². The molecule has 7 nitrogen and oxygen atoms in total. The summed E-state index contributed by atoms with van der Waals surface area (Å²) in [6, 6.07) is 0. The van der Waals surface area contributed by atoms with Crippen molar-refractivity contribution in [1.29, 1.82) is 0 Å². The molecule has 3 fully saturated rings. The van der Waals surface area contributed by atoms with Crippen LogP contribution in [-0.2, 0) is 22.5 Å². The lowest BCUT2D eigenvalue weighted by atomic mass is 9.73. The topological polar surface area (TPSA) is 70.7 Å². The first-order valence-electron chi connectivity index (χ1n) is 9.33. The van der Waals surface area contributed by atoms with E-state index in [0.29, 0.717) is 43.4 Å². The van der Waals surface area contributed by atoms with Crippen LogP contribution in [-0.4, -0.2) is 77.9 Å². The number of nitrogens with one attached hydrogen (secondary N) is 1. The Morgan fingerprint density at radius 1 is 1.48 bits per heavy atom. The molecule has 4 aliphatic heterocycles. The Labute approximate surface area is 147 Å². The predicted molar refractivity (Wildman–Crippen MR) is 90.2 cm³/mol. The van der Waals surface area contributed by atoms with E-state index in [2.05, 4.69) is 29.2 Å². The fourth-order valence-electron chi connectivity index (χ4n) is 5.45. The lowest BCUT2D eigenvalue weighted by molar-refractivity contribution is 0.00245. The van der Waals surface area contributed by atoms with Gasteiger partial charge in [-0.25, -0.2) is 0 Å². The largest absolute Gasteiger partial charge is 0.376 e. The summed E-state index contributed by atoms with van der Waals surface area (Å²) in [6.07, 6.45) is 3.38. The summed E-state index contributed by atoms with van der Waals surface area (Å²) < 4.78 is 12.0. The first kappa shape index (κ1) is 15.8. The molecule has 0 unspecified atom stereocenters. The van der Waals surface area contributed by atoms with Crippen molar-refractivity contribution in [2.24, 2.45) is 11.8 Å². The molecule has 7 heteroatoms. The van der Waals surface area contributed by atoms with Gasteiger partial charge < -0.3 is 19.3 Å². The lowest BCUT2D eigenvalue weighted by Gasteiger charge is -2.30. The highest BCUT2D eigenvalue weighted by Crippen LogP contribution is 2.55. The number of ether oxygens (including phenoxy) is 2. The molecule has 0 radical (unpaired) electrons. The molecule has 5 heterocycles. The van der Waals surface area contributed by atoms with Gasteiger partial charge >= 0.3 is 0 Å². The minimum absolute atomic E-state index is 0.0300. The maximum atomic E-state index is 13.1. The third-order valence-corrected chi connectivity index (χ3v) is 6.55. The van der Waals surface area contributed by atoms with E-state index in [-0.39, 0.29) is 11.5 Å². The fourth-order valence-corrected chi connectivity index (χ4v) is 5.45. The van der Waals surface area contributed by atoms with Crippen LogP contribution in [0.1, 0.15) is 34.6 Å². The van der Waals surface area contributed by atoms with Gasteiger partial charge in [0.05, 0.1) is 31.5 Å². The summed E-state index contributed by atoms with van der Waals surface area (Å²) in [6.45, 7) is 3.71. The highest BCUT2D eigenvalue weighted by molar-refractivity contribution is 5.94. The quantitative estimate of drug-likeness (QED) is 0.871. The number of rotatable bonds is 3. The zero-order valence-electron chi connectivity index (χ0n) is 15.0. The molecule has 1 spiro atoms. The Bertz CT molecular complexity index is 702. The second kappa shape index (κ2) is 5.53. The Morgan fingerprint density at radius 3 is 3.20 bits per heavy atom. The lowest BCUT2D eigenvalue weighted by Crippen LogP contribution is -2.40. The second-order valence-electron chi connectivity index (χ2n) is 8.31. The smallest absolute Gasteiger partial charge is 0.274 e. The SMILES string of the molecule is CN(C)C[C@H]1[C@@H]2CC[C@@]3(CN(C(=O)c4n[nH]c5c4COCC5)C[C@@H]13)O2. The van der Waals surface area contributed by atoms with Gasteiger partial charge in [-0.1, -0.05) is 0 Å². The molecule has 4 atom stereocenters. The monoisotopic (exact) mass is 346 g/mol. The average molecular weight is 346 g/mol. The zero-order valence-corrected chi connectivity index (χ0v) is 15.0. The van der Waals surface area contributed by atoms with E-state index in [9.17, 15) is 4.79 Å². The van der Waals surface area contributed by atoms with Crippen LogP contribution < -0.4 is 0 Å². The molecule has 136 valence electrons. The van der Waals surface area contributed by atoms with Gasteiger partial charge in [0.15, 0.2) is 5.69 Å². The molecule has 4 aliphatic rings. The highest BCUT2D eigenvalue weighted by atomic mass is 16.5. The van der Waals surface area contributed by atoms with Gasteiger partial charge in [0, 0.05) is 42.6 Å². The number of amides is 1. The first-order valence-corrected chi connectivity index (χ1v) is 9.33. The maximum absolute atomic E-state index is 13.1. The van der Waals surface area contributed by atoms with Gasteiger partial charge in [0.25, 0.3) is 5.91 Å². The van der Waals surface area contributed by atoms with Crippen LogP contribution in [0.3, 0.4) is 0 Å². The summed E-state index contributed by atoms with van der Waals surface area (Å²) in [7, 11) is 4.24. The minimum Gasteiger partial charge on any atom is -0.376 e. The normalized spacial score (nSPS) is 36.1. The van der Waals surface area contributed by atoms with E-state index in [0.717, 1.165) is 43.6 Å². The zero-order chi connectivity index (χ0) is 17.2. The summed E-state index contributed by atoms with van der Waals surface area (Å²) in [5.41, 5.74) is 2.42. The van der Waals surface area contributed by atoms with Crippen molar-refractivity contribution in [3.8, 4) is 0 Å². The van der Waals surface area contributed by atoms with Crippen LogP contribution in [0.4, 0.5) is 0 Å². The summed E-state index contributed by atoms with van der Waals surface area (Å²) >= 11 is 0. The molecule has 1 amide bonds. The van der Waals surface area contributed by atoms with Crippen LogP contribution in [0.25, 0.3) is 0 Å². The third kappa shape index (κ3) is 2.29. The van der Waals surface area contributed by atoms with Crippen LogP contribution in [0.5, 0.6) is 0 Å². The molecule has 0 aromatic carbocycles. The number of aromatic amines is 1. The number of nitrogens with zero attached hydrogens (tertiary/aromatic N) is 3. The Hall–Kier alpha value is -1.44. The van der Waals surface area contributed by atoms with E-state index < -0.39 is 0 Å². The molecule has 0 aliphatic carbocycles. The second-order valence-corrected chi connectivity index (χ2v) is 8.31. The molecule has 1 aromatic heterocycles. The number of likely N-dealkylation sites (tertiary alicyclic amines) is 1. The number of carbonyl (C=O) groups is 1. The van der Waals surface area contributed by atoms with Gasteiger partial charge in [0.2, 0.25) is 0 Å². The van der Waals surface area contributed by atoms with Crippen LogP contribution in [0.15, 0.2) is 0 Å². The fraction of sp³-hybridized carbons (Fsp3) is 0.778. The van der Waals surface area contributed by atoms with Crippen LogP contribution in [0.2, 0.25) is 0 Å². The van der Waals surface area contributed by atoms with E-state index in [1.54, 1.807) is 0 Å². The van der Waals surface area contributed by atoms with Crippen molar-refractivity contribution in [3.63, 3.8) is 0 Å². The van der Waals surface area contributed by atoms with Gasteiger partial charge in [-0.05, 0) is 26.9 Å². The summed E-state index contributed by atoms with van der Waals surface area (Å²) in [5, 5.41) is 7.35. The standard InChI is InChI=1S/C18H26N4O3/c1-21(2)7-11-13-8-22(10-18(13)5-3-15(11)25-18)17(23)16-12-9-24-6-4-14(12)19-20-16/h11,13,15H,3-10H2,1-2H3,(H,19,20)/t11-,13+,15+,18+/m1/s1. The average Bonchev–Trinajstić information content (AvgIpc) is 3.33. The number of carbonyl (C=O) groups excluding carboxylic acids is 1. The van der Waals surface area contributed by atoms with Gasteiger partial charge in [0.1, 0.15) is 0 Å². The minimum atomic E-state index is -0.117. The van der Waals surface area contributed by atoms with Crippen molar-refractivity contribution < 1.29 is 14.3 Å². The van der Waals surface area contributed by atoms with Crippen molar-refractivity contribution in [2.45, 2.75) is 37.6 Å². The molecule has 1 aromatic rings. The number of fused-ring (bicyclic) bond motifs is 2. The van der Waals surface area contributed by atoms with Gasteiger partial charge in [-0.15, -0.1) is 0 Å². The maximum Gasteiger partial charge on any atom is 0.274 e. The first-order chi connectivity index (χ1) is 12.1. The van der Waals surface area contributed by atoms with Gasteiger partial charge in [-0.3, -0.25) is 9.89 Å². The summed E-state index contributed by atoms with van der Waals surface area (Å²) in [5.74, 6) is 1.00. The number of H-pyrrole nitrogens is 1. The predicted octanol–water partition coefficient (Wildman–Crippen LogP) is 0.664. The highest BCUT2D eigenvalue weighted by Gasteiger charge is 2.63. The van der Waals surface area contributed by atoms with Crippen LogP contribution in [0, 0.1) is 11.8 Å². The van der Waals surface area contributed by atoms with Crippen molar-refractivity contribution in [3.05, 3.63) is 17.0 Å². The molecule has 0 saturated carbocycles. The van der Waals surface area contributed by atoms with E-state index >= 15 is 0 Å². The summed E-state index contributed by atoms with van der Waals surface area (Å²) in [4.78, 5) is 17.4. The molecule has 1 N–H and O–H groups in total. The van der Waals surface area contributed by atoms with Gasteiger partial charge in [-0.2, -0.15) is 5.10 Å². The Balaban J connectivity index is 1.38. The molecule has 2 bridgehead atoms. The Morgan fingerprint density at radius 2 is 2.36 bits per heavy atom. The van der Waals surface area contributed by atoms with Crippen molar-refractivity contribution >= 4 is 5.91 Å². The van der Waals surface area contributed by atoms with Crippen LogP contribution >= 0.6 is 0 Å². The number of hydrogen-bond acceptors (Lipinski definition) is 5. The molecule has 3 saturated heterocycles. The molecule has 5 rings (SSSR count). The third-order valence-electron chi connectivity index (χ3n) is 6.55. The van der Waals surface area contributed by atoms with Crippen molar-refractivity contribution in [2.75, 3.05) is 40.3 Å². The number of aromatic nitrogens is 2. The Kier molecular flexibility index (Phi) is 3.49. The van der Waals surface area contributed by atoms with Crippen molar-refractivity contribution in [1.82, 2.24) is 20.0 Å².